The third-order valence-corrected chi connectivity index (χ3v) is 4.55. The first-order valence-electron chi connectivity index (χ1n) is 6.85. The molecule has 0 saturated carbocycles. The molecule has 0 aliphatic carbocycles. The molecule has 23 heavy (non-hydrogen) atoms. The molecule has 4 aromatic heterocycles. The van der Waals surface area contributed by atoms with E-state index in [1.54, 1.807) is 18.7 Å². The summed E-state index contributed by atoms with van der Waals surface area (Å²) in [5.41, 5.74) is 9.08. The van der Waals surface area contributed by atoms with Gasteiger partial charge in [-0.15, -0.1) is 11.3 Å². The number of furan rings is 1. The molecule has 0 aromatic carbocycles. The summed E-state index contributed by atoms with van der Waals surface area (Å²) in [4.78, 5) is 9.96. The fraction of sp³-hybridized carbons (Fsp3) is 0. The summed E-state index contributed by atoms with van der Waals surface area (Å²) < 4.78 is 5.54. The molecule has 2 N–H and O–H groups in total. The van der Waals surface area contributed by atoms with E-state index in [1.807, 2.05) is 30.3 Å². The highest BCUT2D eigenvalue weighted by molar-refractivity contribution is 7.20. The number of nitrogens with zero attached hydrogens (tertiary/aromatic N) is 3. The van der Waals surface area contributed by atoms with Gasteiger partial charge < -0.3 is 10.2 Å². The number of fused-ring (bicyclic) bond motifs is 1. The van der Waals surface area contributed by atoms with Gasteiger partial charge in [-0.1, -0.05) is 0 Å². The molecule has 5 nitrogen and oxygen atoms in total. The van der Waals surface area contributed by atoms with Gasteiger partial charge in [0.05, 0.1) is 17.6 Å². The lowest BCUT2D eigenvalue weighted by Gasteiger charge is -2.06. The Bertz CT molecular complexity index is 1030. The number of hydrogen-bond donors (Lipinski definition) is 1. The number of nitrogens with two attached hydrogens (primary N) is 1. The summed E-state index contributed by atoms with van der Waals surface area (Å²) in [6.45, 7) is 0. The van der Waals surface area contributed by atoms with Crippen molar-refractivity contribution >= 4 is 27.2 Å². The number of anilines is 1. The van der Waals surface area contributed by atoms with Crippen LogP contribution in [0.25, 0.3) is 32.8 Å². The minimum absolute atomic E-state index is 0.448. The summed E-state index contributed by atoms with van der Waals surface area (Å²) in [6.07, 6.45) is 5.08. The lowest BCUT2D eigenvalue weighted by Crippen LogP contribution is -1.90. The highest BCUT2D eigenvalue weighted by Gasteiger charge is 2.18. The fourth-order valence-electron chi connectivity index (χ4n) is 2.49. The Hall–Kier alpha value is -3.17. The first-order chi connectivity index (χ1) is 11.3. The molecule has 6 heteroatoms. The summed E-state index contributed by atoms with van der Waals surface area (Å²) in [5, 5.41) is 10.0. The second-order valence-electron chi connectivity index (χ2n) is 4.91. The summed E-state index contributed by atoms with van der Waals surface area (Å²) in [6, 6.07) is 11.5. The lowest BCUT2D eigenvalue weighted by atomic mass is 10.1. The highest BCUT2D eigenvalue weighted by Crippen LogP contribution is 2.40. The maximum absolute atomic E-state index is 9.25. The van der Waals surface area contributed by atoms with Crippen LogP contribution in [0.15, 0.2) is 53.4 Å². The Balaban J connectivity index is 2.08. The van der Waals surface area contributed by atoms with Crippen LogP contribution in [0.1, 0.15) is 4.88 Å². The van der Waals surface area contributed by atoms with E-state index in [9.17, 15) is 5.26 Å². The predicted octanol–water partition coefficient (Wildman–Crippen LogP) is 4.07. The van der Waals surface area contributed by atoms with Gasteiger partial charge in [0.25, 0.3) is 0 Å². The van der Waals surface area contributed by atoms with Crippen molar-refractivity contribution in [3.05, 3.63) is 53.9 Å². The average Bonchev–Trinajstić information content (AvgIpc) is 3.23. The average molecular weight is 318 g/mol. The topological polar surface area (TPSA) is 88.7 Å². The van der Waals surface area contributed by atoms with E-state index < -0.39 is 0 Å². The Morgan fingerprint density at radius 3 is 2.87 bits per heavy atom. The van der Waals surface area contributed by atoms with E-state index >= 15 is 0 Å². The number of nitriles is 1. The van der Waals surface area contributed by atoms with Crippen molar-refractivity contribution in [2.24, 2.45) is 0 Å². The predicted molar refractivity (Wildman–Crippen MR) is 89.7 cm³/mol. The summed E-state index contributed by atoms with van der Waals surface area (Å²) >= 11 is 1.28. The normalized spacial score (nSPS) is 10.7. The Morgan fingerprint density at radius 2 is 2.17 bits per heavy atom. The quantitative estimate of drug-likeness (QED) is 0.601. The number of thiophene rings is 1. The molecule has 4 heterocycles. The molecular weight excluding hydrogens is 308 g/mol. The van der Waals surface area contributed by atoms with Crippen LogP contribution in [0.2, 0.25) is 0 Å². The Morgan fingerprint density at radius 1 is 1.26 bits per heavy atom. The first kappa shape index (κ1) is 13.5. The van der Waals surface area contributed by atoms with Crippen molar-refractivity contribution in [1.82, 2.24) is 9.97 Å². The van der Waals surface area contributed by atoms with Gasteiger partial charge in [0, 0.05) is 28.9 Å². The van der Waals surface area contributed by atoms with Crippen molar-refractivity contribution in [2.75, 3.05) is 5.73 Å². The van der Waals surface area contributed by atoms with E-state index in [1.165, 1.54) is 11.3 Å². The van der Waals surface area contributed by atoms with Gasteiger partial charge in [-0.25, -0.2) is 4.98 Å². The van der Waals surface area contributed by atoms with Crippen LogP contribution < -0.4 is 5.73 Å². The van der Waals surface area contributed by atoms with E-state index in [4.69, 9.17) is 10.2 Å². The second kappa shape index (κ2) is 5.23. The molecule has 4 aromatic rings. The molecule has 0 atom stereocenters. The zero-order valence-electron chi connectivity index (χ0n) is 11.9. The number of pyridine rings is 2. The van der Waals surface area contributed by atoms with E-state index in [0.29, 0.717) is 21.2 Å². The minimum atomic E-state index is 0.448. The molecule has 0 aliphatic rings. The van der Waals surface area contributed by atoms with E-state index in [2.05, 4.69) is 16.0 Å². The molecule has 4 rings (SSSR count). The van der Waals surface area contributed by atoms with Crippen molar-refractivity contribution in [3.8, 4) is 28.7 Å². The first-order valence-corrected chi connectivity index (χ1v) is 7.67. The van der Waals surface area contributed by atoms with Gasteiger partial charge in [-0.2, -0.15) is 5.26 Å². The number of rotatable bonds is 2. The van der Waals surface area contributed by atoms with Gasteiger partial charge in [-0.05, 0) is 30.3 Å². The lowest BCUT2D eigenvalue weighted by molar-refractivity contribution is 0.583. The van der Waals surface area contributed by atoms with Crippen LogP contribution in [-0.4, -0.2) is 9.97 Å². The zero-order chi connectivity index (χ0) is 15.8. The summed E-state index contributed by atoms with van der Waals surface area (Å²) in [5.74, 6) is 0.691. The molecule has 0 radical (unpaired) electrons. The third-order valence-electron chi connectivity index (χ3n) is 3.54. The number of hydrogen-bond acceptors (Lipinski definition) is 6. The molecule has 0 bridgehead atoms. The van der Waals surface area contributed by atoms with Gasteiger partial charge in [-0.3, -0.25) is 4.98 Å². The monoisotopic (exact) mass is 318 g/mol. The molecule has 0 spiro atoms. The largest absolute Gasteiger partial charge is 0.464 e. The van der Waals surface area contributed by atoms with Gasteiger partial charge in [0.1, 0.15) is 21.5 Å². The van der Waals surface area contributed by atoms with Crippen LogP contribution in [0.3, 0.4) is 0 Å². The molecule has 110 valence electrons. The highest BCUT2D eigenvalue weighted by atomic mass is 32.1. The fourth-order valence-corrected chi connectivity index (χ4v) is 3.41. The Labute approximate surface area is 135 Å². The van der Waals surface area contributed by atoms with Crippen LogP contribution in [0.5, 0.6) is 0 Å². The Kier molecular flexibility index (Phi) is 3.07. The van der Waals surface area contributed by atoms with Gasteiger partial charge in [0.2, 0.25) is 0 Å². The van der Waals surface area contributed by atoms with Crippen LogP contribution in [0.4, 0.5) is 5.69 Å². The maximum Gasteiger partial charge on any atom is 0.134 e. The molecule has 0 fully saturated rings. The number of nitrogen functional groups attached to an aromatic ring is 1. The molecule has 0 amide bonds. The third kappa shape index (κ3) is 2.15. The molecule has 0 aliphatic heterocycles. The van der Waals surface area contributed by atoms with Crippen molar-refractivity contribution in [1.29, 1.82) is 5.26 Å². The van der Waals surface area contributed by atoms with Crippen molar-refractivity contribution in [2.45, 2.75) is 0 Å². The number of aromatic nitrogens is 2. The van der Waals surface area contributed by atoms with Crippen molar-refractivity contribution in [3.63, 3.8) is 0 Å². The van der Waals surface area contributed by atoms with Gasteiger partial charge in [0.15, 0.2) is 0 Å². The van der Waals surface area contributed by atoms with Gasteiger partial charge >= 0.3 is 0 Å². The SMILES string of the molecule is N#Cc1sc2nc(-c3cccnc3)cc(-c3ccco3)c2c1N. The maximum atomic E-state index is 9.25. The minimum Gasteiger partial charge on any atom is -0.464 e. The molecule has 0 saturated heterocycles. The molecular formula is C17H10N4OS. The second-order valence-corrected chi connectivity index (χ2v) is 5.91. The summed E-state index contributed by atoms with van der Waals surface area (Å²) in [7, 11) is 0. The van der Waals surface area contributed by atoms with E-state index in [-0.39, 0.29) is 0 Å². The van der Waals surface area contributed by atoms with Crippen LogP contribution in [-0.2, 0) is 0 Å². The zero-order valence-corrected chi connectivity index (χ0v) is 12.7. The molecule has 0 unspecified atom stereocenters. The van der Waals surface area contributed by atoms with Crippen LogP contribution >= 0.6 is 11.3 Å². The van der Waals surface area contributed by atoms with E-state index in [0.717, 1.165) is 22.2 Å². The van der Waals surface area contributed by atoms with Crippen molar-refractivity contribution < 1.29 is 4.42 Å². The van der Waals surface area contributed by atoms with Crippen LogP contribution in [0, 0.1) is 11.3 Å². The standard InChI is InChI=1S/C17H10N4OS/c18-8-14-16(19)15-11(13-4-2-6-22-13)7-12(21-17(15)23-14)10-3-1-5-20-9-10/h1-7,9H,19H2. The smallest absolute Gasteiger partial charge is 0.134 e.